The highest BCUT2D eigenvalue weighted by atomic mass is 32.2. The number of hydrogen-bond donors (Lipinski definition) is 3. The van der Waals surface area contributed by atoms with Gasteiger partial charge in [-0.3, -0.25) is 0 Å². The van der Waals surface area contributed by atoms with E-state index in [4.69, 9.17) is 14.3 Å². The summed E-state index contributed by atoms with van der Waals surface area (Å²) in [7, 11) is -2.48. The molecule has 1 atom stereocenters. The molecule has 0 aliphatic carbocycles. The molecule has 8 nitrogen and oxygen atoms in total. The van der Waals surface area contributed by atoms with Gasteiger partial charge in [-0.05, 0) is 37.3 Å². The third-order valence-electron chi connectivity index (χ3n) is 3.32. The van der Waals surface area contributed by atoms with Gasteiger partial charge in [0.1, 0.15) is 10.7 Å². The lowest BCUT2D eigenvalue weighted by molar-refractivity contribution is 0.0696. The minimum atomic E-state index is -3.95. The number of hydrogen-bond acceptors (Lipinski definition) is 6. The number of carboxylic acid groups (broad SMARTS) is 1. The van der Waals surface area contributed by atoms with E-state index in [0.29, 0.717) is 5.76 Å². The molecule has 136 valence electrons. The molecule has 0 radical (unpaired) electrons. The van der Waals surface area contributed by atoms with Crippen LogP contribution >= 0.6 is 0 Å². The summed E-state index contributed by atoms with van der Waals surface area (Å²) in [6, 6.07) is 6.87. The maximum Gasteiger partial charge on any atom is 0.335 e. The first kappa shape index (κ1) is 19.0. The summed E-state index contributed by atoms with van der Waals surface area (Å²) in [6.07, 6.45) is 1.51. The van der Waals surface area contributed by atoms with Crippen molar-refractivity contribution in [2.24, 2.45) is 0 Å². The Bertz CT molecular complexity index is 817. The van der Waals surface area contributed by atoms with Crippen LogP contribution in [0.2, 0.25) is 0 Å². The molecular weight excluding hydrogens is 348 g/mol. The Kier molecular flexibility index (Phi) is 6.18. The van der Waals surface area contributed by atoms with Crippen LogP contribution in [-0.2, 0) is 21.3 Å². The summed E-state index contributed by atoms with van der Waals surface area (Å²) in [6.45, 7) is 2.10. The van der Waals surface area contributed by atoms with Gasteiger partial charge >= 0.3 is 5.97 Å². The molecule has 0 amide bonds. The molecule has 0 saturated carbocycles. The van der Waals surface area contributed by atoms with Crippen LogP contribution in [-0.4, -0.2) is 39.3 Å². The topological polar surface area (TPSA) is 118 Å². The third-order valence-corrected chi connectivity index (χ3v) is 4.95. The Morgan fingerprint density at radius 3 is 2.72 bits per heavy atom. The van der Waals surface area contributed by atoms with E-state index in [0.717, 1.165) is 6.07 Å². The number of carbonyl (C=O) groups is 1. The molecular formula is C16H20N2O6S. The maximum absolute atomic E-state index is 12.7. The van der Waals surface area contributed by atoms with E-state index in [1.54, 1.807) is 19.1 Å². The molecule has 0 saturated heterocycles. The van der Waals surface area contributed by atoms with E-state index in [-0.39, 0.29) is 29.3 Å². The van der Waals surface area contributed by atoms with Crippen LogP contribution in [0.25, 0.3) is 0 Å². The minimum absolute atomic E-state index is 0.122. The highest BCUT2D eigenvalue weighted by molar-refractivity contribution is 7.89. The zero-order chi connectivity index (χ0) is 18.4. The minimum Gasteiger partial charge on any atom is -0.478 e. The van der Waals surface area contributed by atoms with Gasteiger partial charge in [0.25, 0.3) is 0 Å². The Balaban J connectivity index is 2.33. The van der Waals surface area contributed by atoms with E-state index in [1.807, 2.05) is 0 Å². The highest BCUT2D eigenvalue weighted by Gasteiger charge is 2.23. The molecule has 1 aromatic carbocycles. The van der Waals surface area contributed by atoms with E-state index in [2.05, 4.69) is 10.0 Å². The van der Waals surface area contributed by atoms with E-state index in [1.165, 1.54) is 25.5 Å². The number of nitrogens with one attached hydrogen (secondary N) is 2. The zero-order valence-electron chi connectivity index (χ0n) is 13.9. The summed E-state index contributed by atoms with van der Waals surface area (Å²) < 4.78 is 37.9. The fraction of sp³-hybridized carbons (Fsp3) is 0.312. The van der Waals surface area contributed by atoms with E-state index in [9.17, 15) is 13.2 Å². The van der Waals surface area contributed by atoms with Crippen LogP contribution in [0.1, 0.15) is 23.0 Å². The zero-order valence-corrected chi connectivity index (χ0v) is 14.7. The van der Waals surface area contributed by atoms with Crippen molar-refractivity contribution in [1.29, 1.82) is 0 Å². The van der Waals surface area contributed by atoms with Gasteiger partial charge in [-0.25, -0.2) is 17.9 Å². The first-order chi connectivity index (χ1) is 11.8. The second-order valence-corrected chi connectivity index (χ2v) is 7.11. The lowest BCUT2D eigenvalue weighted by Gasteiger charge is -2.17. The van der Waals surface area contributed by atoms with Gasteiger partial charge in [-0.2, -0.15) is 0 Å². The quantitative estimate of drug-likeness (QED) is 0.619. The first-order valence-electron chi connectivity index (χ1n) is 7.48. The van der Waals surface area contributed by atoms with Crippen molar-refractivity contribution in [3.63, 3.8) is 0 Å². The largest absolute Gasteiger partial charge is 0.478 e. The molecule has 0 aliphatic rings. The molecule has 1 heterocycles. The normalized spacial score (nSPS) is 12.7. The van der Waals surface area contributed by atoms with Crippen LogP contribution in [0.3, 0.4) is 0 Å². The van der Waals surface area contributed by atoms with Crippen molar-refractivity contribution < 1.29 is 27.5 Å². The number of ether oxygens (including phenoxy) is 1. The molecule has 0 aliphatic heterocycles. The smallest absolute Gasteiger partial charge is 0.335 e. The molecule has 0 bridgehead atoms. The van der Waals surface area contributed by atoms with E-state index >= 15 is 0 Å². The summed E-state index contributed by atoms with van der Waals surface area (Å²) in [5.74, 6) is -0.592. The van der Waals surface area contributed by atoms with Crippen molar-refractivity contribution in [3.05, 3.63) is 47.9 Å². The number of carboxylic acids is 1. The number of furan rings is 1. The number of aromatic carboxylic acids is 1. The lowest BCUT2D eigenvalue weighted by atomic mass is 10.2. The average molecular weight is 368 g/mol. The molecule has 0 unspecified atom stereocenters. The number of anilines is 1. The van der Waals surface area contributed by atoms with Crippen LogP contribution in [0, 0.1) is 0 Å². The van der Waals surface area contributed by atoms with E-state index < -0.39 is 22.0 Å². The van der Waals surface area contributed by atoms with Gasteiger partial charge < -0.3 is 19.6 Å². The predicted octanol–water partition coefficient (Wildman–Crippen LogP) is 1.90. The molecule has 0 fully saturated rings. The predicted molar refractivity (Wildman–Crippen MR) is 91.1 cm³/mol. The van der Waals surface area contributed by atoms with Crippen LogP contribution in [0.15, 0.2) is 45.9 Å². The number of rotatable bonds is 9. The van der Waals surface area contributed by atoms with Crippen molar-refractivity contribution in [2.75, 3.05) is 19.0 Å². The Morgan fingerprint density at radius 1 is 1.36 bits per heavy atom. The lowest BCUT2D eigenvalue weighted by Crippen LogP contribution is -2.36. The van der Waals surface area contributed by atoms with Crippen LogP contribution in [0.4, 0.5) is 5.69 Å². The van der Waals surface area contributed by atoms with Crippen molar-refractivity contribution >= 4 is 21.7 Å². The number of methoxy groups -OCH3 is 1. The van der Waals surface area contributed by atoms with Gasteiger partial charge in [0.05, 0.1) is 30.7 Å². The highest BCUT2D eigenvalue weighted by Crippen LogP contribution is 2.24. The summed E-state index contributed by atoms with van der Waals surface area (Å²) >= 11 is 0. The van der Waals surface area contributed by atoms with Gasteiger partial charge in [0.15, 0.2) is 0 Å². The van der Waals surface area contributed by atoms with Crippen LogP contribution in [0.5, 0.6) is 0 Å². The molecule has 0 spiro atoms. The fourth-order valence-electron chi connectivity index (χ4n) is 2.23. The molecule has 9 heteroatoms. The Hall–Kier alpha value is -2.36. The second kappa shape index (κ2) is 8.15. The summed E-state index contributed by atoms with van der Waals surface area (Å²) in [4.78, 5) is 11.0. The molecule has 1 aromatic heterocycles. The van der Waals surface area contributed by atoms with Crippen LogP contribution < -0.4 is 10.0 Å². The number of benzene rings is 1. The van der Waals surface area contributed by atoms with Gasteiger partial charge in [0, 0.05) is 13.2 Å². The van der Waals surface area contributed by atoms with Gasteiger partial charge in [-0.15, -0.1) is 0 Å². The van der Waals surface area contributed by atoms with Gasteiger partial charge in [-0.1, -0.05) is 0 Å². The van der Waals surface area contributed by atoms with Crippen molar-refractivity contribution in [3.8, 4) is 0 Å². The maximum atomic E-state index is 12.7. The second-order valence-electron chi connectivity index (χ2n) is 5.43. The standard InChI is InChI=1S/C16H20N2O6S/c1-11(10-23-2)18-25(21,22)15-8-12(16(19)20)5-6-14(15)17-9-13-4-3-7-24-13/h3-8,11,17-18H,9-10H2,1-2H3,(H,19,20)/t11-/m1/s1. The van der Waals surface area contributed by atoms with Gasteiger partial charge in [0.2, 0.25) is 10.0 Å². The monoisotopic (exact) mass is 368 g/mol. The molecule has 2 aromatic rings. The number of sulfonamides is 1. The Labute approximate surface area is 145 Å². The summed E-state index contributed by atoms with van der Waals surface area (Å²) in [5.41, 5.74) is 0.154. The fourth-order valence-corrected chi connectivity index (χ4v) is 3.67. The molecule has 3 N–H and O–H groups in total. The SMILES string of the molecule is COC[C@@H](C)NS(=O)(=O)c1cc(C(=O)O)ccc1NCc1ccco1. The van der Waals surface area contributed by atoms with Crippen molar-refractivity contribution in [2.45, 2.75) is 24.4 Å². The van der Waals surface area contributed by atoms with Crippen molar-refractivity contribution in [1.82, 2.24) is 4.72 Å². The Morgan fingerprint density at radius 2 is 2.12 bits per heavy atom. The molecule has 2 rings (SSSR count). The molecule has 25 heavy (non-hydrogen) atoms. The first-order valence-corrected chi connectivity index (χ1v) is 8.96. The average Bonchev–Trinajstić information content (AvgIpc) is 3.05. The summed E-state index contributed by atoms with van der Waals surface area (Å²) in [5, 5.41) is 12.1. The third kappa shape index (κ3) is 5.05.